The molecule has 2 rings (SSSR count). The minimum atomic E-state index is -1.11. The molecule has 0 spiro atoms. The molecule has 0 unspecified atom stereocenters. The first-order valence-electron chi connectivity index (χ1n) is 9.70. The molecule has 0 bridgehead atoms. The number of ketones is 1. The van der Waals surface area contributed by atoms with E-state index in [0.29, 0.717) is 21.3 Å². The minimum absolute atomic E-state index is 0.0404. The molecule has 0 atom stereocenters. The third-order valence-electron chi connectivity index (χ3n) is 4.91. The molecule has 0 aliphatic rings. The van der Waals surface area contributed by atoms with Crippen LogP contribution in [-0.4, -0.2) is 46.2 Å². The monoisotopic (exact) mass is 478 g/mol. The zero-order chi connectivity index (χ0) is 24.2. The van der Waals surface area contributed by atoms with Crippen LogP contribution >= 0.6 is 23.2 Å². The standard InChI is InChI=1S/C23H24Cl2N2O5/c1-23(2,3)26(4)21(30)19(28)12-20(29)27(13-14-5-10-17(24)18(25)11-14)16-8-6-15(7-9-16)22(31)32/h5-11H,12-13H2,1-4H3,(H,31,32). The number of anilines is 1. The van der Waals surface area contributed by atoms with Crippen LogP contribution in [0.15, 0.2) is 42.5 Å². The maximum Gasteiger partial charge on any atom is 0.335 e. The van der Waals surface area contributed by atoms with Crippen molar-refractivity contribution in [3.05, 3.63) is 63.6 Å². The van der Waals surface area contributed by atoms with Gasteiger partial charge in [-0.2, -0.15) is 0 Å². The molecule has 1 N–H and O–H groups in total. The summed E-state index contributed by atoms with van der Waals surface area (Å²) in [4.78, 5) is 51.8. The quantitative estimate of drug-likeness (QED) is 0.468. The van der Waals surface area contributed by atoms with E-state index in [1.165, 1.54) is 41.1 Å². The Labute approximate surface area is 196 Å². The maximum atomic E-state index is 13.1. The first-order valence-corrected chi connectivity index (χ1v) is 10.5. The van der Waals surface area contributed by atoms with Gasteiger partial charge in [-0.25, -0.2) is 4.79 Å². The fourth-order valence-electron chi connectivity index (χ4n) is 2.73. The lowest BCUT2D eigenvalue weighted by molar-refractivity contribution is -0.147. The Morgan fingerprint density at radius 1 is 0.938 bits per heavy atom. The number of likely N-dealkylation sites (N-methyl/N-ethyl adjacent to an activating group) is 1. The van der Waals surface area contributed by atoms with Crippen LogP contribution in [0.4, 0.5) is 5.69 Å². The number of aromatic carboxylic acids is 1. The molecule has 0 saturated heterocycles. The molecule has 7 nitrogen and oxygen atoms in total. The lowest BCUT2D eigenvalue weighted by Gasteiger charge is -2.31. The molecule has 0 radical (unpaired) electrons. The van der Waals surface area contributed by atoms with E-state index in [1.54, 1.807) is 39.0 Å². The van der Waals surface area contributed by atoms with Crippen molar-refractivity contribution in [2.24, 2.45) is 0 Å². The van der Waals surface area contributed by atoms with Crippen LogP contribution in [-0.2, 0) is 20.9 Å². The Balaban J connectivity index is 2.33. The normalized spacial score (nSPS) is 11.1. The molecule has 0 saturated carbocycles. The summed E-state index contributed by atoms with van der Waals surface area (Å²) >= 11 is 12.0. The number of amides is 2. The highest BCUT2D eigenvalue weighted by molar-refractivity contribution is 6.42. The van der Waals surface area contributed by atoms with Crippen LogP contribution < -0.4 is 4.90 Å². The third kappa shape index (κ3) is 6.31. The molecule has 0 aliphatic heterocycles. The fraction of sp³-hybridized carbons (Fsp3) is 0.304. The highest BCUT2D eigenvalue weighted by Crippen LogP contribution is 2.25. The zero-order valence-corrected chi connectivity index (χ0v) is 19.7. The lowest BCUT2D eigenvalue weighted by atomic mass is 10.1. The number of halogens is 2. The molecule has 0 fully saturated rings. The number of carboxylic acids is 1. The number of benzene rings is 2. The number of Topliss-reactive ketones (excluding diaryl/α,β-unsaturated/α-hetero) is 1. The topological polar surface area (TPSA) is 95.0 Å². The summed E-state index contributed by atoms with van der Waals surface area (Å²) in [7, 11) is 1.50. The van der Waals surface area contributed by atoms with E-state index in [4.69, 9.17) is 28.3 Å². The van der Waals surface area contributed by atoms with Crippen molar-refractivity contribution < 1.29 is 24.3 Å². The van der Waals surface area contributed by atoms with Crippen molar-refractivity contribution in [1.29, 1.82) is 0 Å². The van der Waals surface area contributed by atoms with Crippen LogP contribution in [0.5, 0.6) is 0 Å². The molecule has 0 heterocycles. The SMILES string of the molecule is CN(C(=O)C(=O)CC(=O)N(Cc1ccc(Cl)c(Cl)c1)c1ccc(C(=O)O)cc1)C(C)(C)C. The van der Waals surface area contributed by atoms with Gasteiger partial charge in [0, 0.05) is 18.3 Å². The van der Waals surface area contributed by atoms with Crippen molar-refractivity contribution in [1.82, 2.24) is 4.90 Å². The molecule has 0 aliphatic carbocycles. The molecular formula is C23H24Cl2N2O5. The molecular weight excluding hydrogens is 455 g/mol. The second kappa shape index (κ2) is 10.1. The summed E-state index contributed by atoms with van der Waals surface area (Å²) in [6, 6.07) is 10.5. The number of hydrogen-bond donors (Lipinski definition) is 1. The van der Waals surface area contributed by atoms with E-state index in [2.05, 4.69) is 0 Å². The number of carbonyl (C=O) groups is 4. The van der Waals surface area contributed by atoms with Crippen LogP contribution in [0.2, 0.25) is 10.0 Å². The Bertz CT molecular complexity index is 1050. The summed E-state index contributed by atoms with van der Waals surface area (Å²) in [5, 5.41) is 9.77. The van der Waals surface area contributed by atoms with Gasteiger partial charge in [0.15, 0.2) is 0 Å². The van der Waals surface area contributed by atoms with Gasteiger partial charge < -0.3 is 14.9 Å². The Morgan fingerprint density at radius 3 is 2.03 bits per heavy atom. The van der Waals surface area contributed by atoms with Crippen LogP contribution in [0.25, 0.3) is 0 Å². The molecule has 0 aromatic heterocycles. The number of rotatable bonds is 7. The van der Waals surface area contributed by atoms with Crippen LogP contribution in [0, 0.1) is 0 Å². The van der Waals surface area contributed by atoms with E-state index < -0.39 is 35.5 Å². The van der Waals surface area contributed by atoms with Gasteiger partial charge in [-0.05, 0) is 62.7 Å². The highest BCUT2D eigenvalue weighted by Gasteiger charge is 2.30. The van der Waals surface area contributed by atoms with E-state index in [1.807, 2.05) is 0 Å². The van der Waals surface area contributed by atoms with Gasteiger partial charge >= 0.3 is 5.97 Å². The largest absolute Gasteiger partial charge is 0.478 e. The summed E-state index contributed by atoms with van der Waals surface area (Å²) in [5.74, 6) is -3.32. The van der Waals surface area contributed by atoms with Gasteiger partial charge in [0.1, 0.15) is 0 Å². The van der Waals surface area contributed by atoms with Gasteiger partial charge in [-0.1, -0.05) is 29.3 Å². The van der Waals surface area contributed by atoms with Crippen molar-refractivity contribution in [2.75, 3.05) is 11.9 Å². The third-order valence-corrected chi connectivity index (χ3v) is 5.65. The minimum Gasteiger partial charge on any atom is -0.478 e. The Kier molecular flexibility index (Phi) is 8.04. The van der Waals surface area contributed by atoms with E-state index in [-0.39, 0.29) is 12.1 Å². The number of carboxylic acid groups (broad SMARTS) is 1. The van der Waals surface area contributed by atoms with Crippen LogP contribution in [0.1, 0.15) is 43.1 Å². The van der Waals surface area contributed by atoms with Gasteiger partial charge in [-0.15, -0.1) is 0 Å². The predicted molar refractivity (Wildman–Crippen MR) is 123 cm³/mol. The summed E-state index contributed by atoms with van der Waals surface area (Å²) in [5.41, 5.74) is 0.479. The average molecular weight is 479 g/mol. The number of carbonyl (C=O) groups excluding carboxylic acids is 3. The highest BCUT2D eigenvalue weighted by atomic mass is 35.5. The number of hydrogen-bond acceptors (Lipinski definition) is 4. The summed E-state index contributed by atoms with van der Waals surface area (Å²) < 4.78 is 0. The van der Waals surface area contributed by atoms with Crippen molar-refractivity contribution in [3.8, 4) is 0 Å². The smallest absolute Gasteiger partial charge is 0.335 e. The molecule has 170 valence electrons. The van der Waals surface area contributed by atoms with E-state index >= 15 is 0 Å². The second-order valence-electron chi connectivity index (χ2n) is 8.22. The lowest BCUT2D eigenvalue weighted by Crippen LogP contribution is -2.47. The Morgan fingerprint density at radius 2 is 1.53 bits per heavy atom. The van der Waals surface area contributed by atoms with Crippen molar-refractivity contribution in [2.45, 2.75) is 39.3 Å². The maximum absolute atomic E-state index is 13.1. The molecule has 9 heteroatoms. The average Bonchev–Trinajstić information content (AvgIpc) is 2.72. The number of nitrogens with zero attached hydrogens (tertiary/aromatic N) is 2. The first-order chi connectivity index (χ1) is 14.8. The van der Waals surface area contributed by atoms with E-state index in [0.717, 1.165) is 0 Å². The second-order valence-corrected chi connectivity index (χ2v) is 9.03. The fourth-order valence-corrected chi connectivity index (χ4v) is 3.05. The van der Waals surface area contributed by atoms with E-state index in [9.17, 15) is 19.2 Å². The van der Waals surface area contributed by atoms with Gasteiger partial charge in [0.05, 0.1) is 28.6 Å². The predicted octanol–water partition coefficient (Wildman–Crippen LogP) is 4.44. The Hall–Kier alpha value is -2.90. The molecule has 2 aromatic rings. The molecule has 2 aromatic carbocycles. The zero-order valence-electron chi connectivity index (χ0n) is 18.2. The molecule has 32 heavy (non-hydrogen) atoms. The first kappa shape index (κ1) is 25.4. The van der Waals surface area contributed by atoms with Crippen LogP contribution in [0.3, 0.4) is 0 Å². The summed E-state index contributed by atoms with van der Waals surface area (Å²) in [6.07, 6.45) is -0.638. The van der Waals surface area contributed by atoms with Crippen molar-refractivity contribution in [3.63, 3.8) is 0 Å². The van der Waals surface area contributed by atoms with Gasteiger partial charge in [0.25, 0.3) is 5.91 Å². The van der Waals surface area contributed by atoms with Gasteiger partial charge in [0.2, 0.25) is 11.7 Å². The summed E-state index contributed by atoms with van der Waals surface area (Å²) in [6.45, 7) is 5.38. The van der Waals surface area contributed by atoms with Gasteiger partial charge in [-0.3, -0.25) is 14.4 Å². The molecule has 2 amide bonds. The van der Waals surface area contributed by atoms with Crippen molar-refractivity contribution >= 4 is 52.5 Å².